The van der Waals surface area contributed by atoms with E-state index in [0.717, 1.165) is 12.8 Å². The fraction of sp³-hybridized carbons (Fsp3) is 0.857. The number of unbranched alkanes of at least 4 members (excludes halogenated alkanes) is 8. The number of hydrogen-bond donors (Lipinski definition) is 0. The molecule has 1 aliphatic carbocycles. The van der Waals surface area contributed by atoms with Crippen molar-refractivity contribution in [2.75, 3.05) is 0 Å². The number of rotatable bonds is 10. The molecule has 2 rings (SSSR count). The van der Waals surface area contributed by atoms with Gasteiger partial charge in [-0.15, -0.1) is 0 Å². The first kappa shape index (κ1) is 19.7. The fourth-order valence-electron chi connectivity index (χ4n) is 3.87. The van der Waals surface area contributed by atoms with Gasteiger partial charge in [-0.1, -0.05) is 70.9 Å². The summed E-state index contributed by atoms with van der Waals surface area (Å²) in [5, 5.41) is 0. The predicted molar refractivity (Wildman–Crippen MR) is 97.6 cm³/mol. The minimum atomic E-state index is -0.438. The van der Waals surface area contributed by atoms with E-state index >= 15 is 0 Å². The Hall–Kier alpha value is -0.670. The normalized spacial score (nSPS) is 33.3. The Labute approximate surface area is 148 Å². The molecule has 1 aliphatic heterocycles. The van der Waals surface area contributed by atoms with E-state index < -0.39 is 5.60 Å². The van der Waals surface area contributed by atoms with Crippen LogP contribution in [0.25, 0.3) is 0 Å². The van der Waals surface area contributed by atoms with Crippen molar-refractivity contribution in [2.24, 2.45) is 11.8 Å². The third-order valence-corrected chi connectivity index (χ3v) is 5.86. The van der Waals surface area contributed by atoms with Crippen LogP contribution < -0.4 is 0 Å². The largest absolute Gasteiger partial charge is 0.299 e. The van der Waals surface area contributed by atoms with Crippen LogP contribution in [0.1, 0.15) is 91.4 Å². The fourth-order valence-corrected chi connectivity index (χ4v) is 3.87. The van der Waals surface area contributed by atoms with Gasteiger partial charge in [0.25, 0.3) is 0 Å². The molecule has 1 saturated heterocycles. The summed E-state index contributed by atoms with van der Waals surface area (Å²) >= 11 is 0. The Morgan fingerprint density at radius 2 is 1.79 bits per heavy atom. The summed E-state index contributed by atoms with van der Waals surface area (Å²) in [6, 6.07) is 0. The smallest absolute Gasteiger partial charge is 0.138 e. The highest BCUT2D eigenvalue weighted by atomic mass is 17.2. The first-order valence-electron chi connectivity index (χ1n) is 10.1. The first-order valence-corrected chi connectivity index (χ1v) is 10.1. The average Bonchev–Trinajstić information content (AvgIpc) is 2.57. The van der Waals surface area contributed by atoms with Gasteiger partial charge < -0.3 is 0 Å². The lowest BCUT2D eigenvalue weighted by Crippen LogP contribution is -2.52. The number of Topliss-reactive ketones (excluding diaryl/α,β-unsaturated/α-hetero) is 1. The molecule has 4 atom stereocenters. The second-order valence-corrected chi connectivity index (χ2v) is 7.96. The van der Waals surface area contributed by atoms with Crippen molar-refractivity contribution in [3.8, 4) is 0 Å². The van der Waals surface area contributed by atoms with Crippen molar-refractivity contribution in [1.29, 1.82) is 0 Å². The Bertz CT molecular complexity index is 417. The highest BCUT2D eigenvalue weighted by Gasteiger charge is 2.48. The van der Waals surface area contributed by atoms with Crippen LogP contribution in [-0.2, 0) is 14.6 Å². The standard InChI is InChI=1S/C21H36O3/c1-4-5-6-7-8-9-10-11-12-13-14-21(3)18-15-19(22)17(2)20(16-18)23-24-21/h13-14,17-18,20H,4-12,15-16H2,1-3H3/b14-13+. The van der Waals surface area contributed by atoms with Crippen LogP contribution in [0.3, 0.4) is 0 Å². The van der Waals surface area contributed by atoms with Gasteiger partial charge in [-0.2, -0.15) is 0 Å². The molecule has 2 bridgehead atoms. The minimum Gasteiger partial charge on any atom is -0.299 e. The molecule has 3 heteroatoms. The Kier molecular flexibility index (Phi) is 7.96. The molecule has 3 nitrogen and oxygen atoms in total. The van der Waals surface area contributed by atoms with E-state index in [1.807, 2.05) is 6.92 Å². The van der Waals surface area contributed by atoms with Crippen LogP contribution in [0.2, 0.25) is 0 Å². The molecule has 24 heavy (non-hydrogen) atoms. The van der Waals surface area contributed by atoms with E-state index in [2.05, 4.69) is 26.0 Å². The lowest BCUT2D eigenvalue weighted by atomic mass is 9.71. The number of carbonyl (C=O) groups excluding carboxylic acids is 1. The van der Waals surface area contributed by atoms with Gasteiger partial charge in [-0.05, 0) is 26.2 Å². The summed E-state index contributed by atoms with van der Waals surface area (Å²) in [4.78, 5) is 23.3. The lowest BCUT2D eigenvalue weighted by Gasteiger charge is -2.45. The van der Waals surface area contributed by atoms with Gasteiger partial charge in [0.2, 0.25) is 0 Å². The van der Waals surface area contributed by atoms with Crippen molar-refractivity contribution >= 4 is 5.78 Å². The molecular weight excluding hydrogens is 300 g/mol. The van der Waals surface area contributed by atoms with Crippen LogP contribution in [0.15, 0.2) is 12.2 Å². The molecule has 0 aromatic rings. The number of ketones is 1. The summed E-state index contributed by atoms with van der Waals surface area (Å²) in [6.07, 6.45) is 17.7. The van der Waals surface area contributed by atoms with E-state index in [4.69, 9.17) is 9.78 Å². The summed E-state index contributed by atoms with van der Waals surface area (Å²) in [5.74, 6) is 0.559. The molecule has 1 saturated carbocycles. The van der Waals surface area contributed by atoms with Gasteiger partial charge in [0, 0.05) is 18.3 Å². The van der Waals surface area contributed by atoms with Crippen LogP contribution in [-0.4, -0.2) is 17.5 Å². The van der Waals surface area contributed by atoms with Crippen molar-refractivity contribution < 1.29 is 14.6 Å². The Morgan fingerprint density at radius 3 is 2.50 bits per heavy atom. The maximum absolute atomic E-state index is 12.1. The number of carbonyl (C=O) groups is 1. The highest BCUT2D eigenvalue weighted by molar-refractivity contribution is 5.82. The second kappa shape index (κ2) is 9.72. The molecule has 2 fully saturated rings. The van der Waals surface area contributed by atoms with E-state index in [1.165, 1.54) is 51.4 Å². The molecule has 4 unspecified atom stereocenters. The minimum absolute atomic E-state index is 0.0212. The number of hydrogen-bond acceptors (Lipinski definition) is 3. The van der Waals surface area contributed by atoms with Crippen molar-refractivity contribution in [3.05, 3.63) is 12.2 Å². The molecule has 0 spiro atoms. The van der Waals surface area contributed by atoms with Gasteiger partial charge in [0.1, 0.15) is 17.5 Å². The van der Waals surface area contributed by atoms with Gasteiger partial charge in [-0.3, -0.25) is 4.79 Å². The molecule has 0 N–H and O–H groups in total. The van der Waals surface area contributed by atoms with E-state index in [1.54, 1.807) is 0 Å². The molecular formula is C21H36O3. The Balaban J connectivity index is 1.64. The monoisotopic (exact) mass is 336 g/mol. The Morgan fingerprint density at radius 1 is 1.12 bits per heavy atom. The zero-order valence-corrected chi connectivity index (χ0v) is 15.9. The number of fused-ring (bicyclic) bond motifs is 2. The van der Waals surface area contributed by atoms with Gasteiger partial charge >= 0.3 is 0 Å². The average molecular weight is 337 g/mol. The van der Waals surface area contributed by atoms with Gasteiger partial charge in [0.15, 0.2) is 0 Å². The SMILES string of the molecule is CCCCCCCCCC/C=C/C1(C)OOC2CC1CC(=O)C2C. The third kappa shape index (κ3) is 5.42. The maximum Gasteiger partial charge on any atom is 0.138 e. The van der Waals surface area contributed by atoms with E-state index in [0.29, 0.717) is 12.2 Å². The highest BCUT2D eigenvalue weighted by Crippen LogP contribution is 2.42. The molecule has 0 radical (unpaired) electrons. The second-order valence-electron chi connectivity index (χ2n) is 7.96. The summed E-state index contributed by atoms with van der Waals surface area (Å²) in [7, 11) is 0. The summed E-state index contributed by atoms with van der Waals surface area (Å²) < 4.78 is 0. The van der Waals surface area contributed by atoms with Crippen LogP contribution in [0.4, 0.5) is 0 Å². The molecule has 2 aliphatic rings. The van der Waals surface area contributed by atoms with Gasteiger partial charge in [0.05, 0.1) is 0 Å². The molecule has 0 aromatic carbocycles. The van der Waals surface area contributed by atoms with Crippen LogP contribution >= 0.6 is 0 Å². The van der Waals surface area contributed by atoms with Crippen LogP contribution in [0, 0.1) is 11.8 Å². The predicted octanol–water partition coefficient (Wildman–Crippen LogP) is 5.78. The lowest BCUT2D eigenvalue weighted by molar-refractivity contribution is -0.415. The van der Waals surface area contributed by atoms with Crippen molar-refractivity contribution in [1.82, 2.24) is 0 Å². The maximum atomic E-state index is 12.1. The quantitative estimate of drug-likeness (QED) is 0.288. The molecule has 0 aromatic heterocycles. The van der Waals surface area contributed by atoms with E-state index in [9.17, 15) is 4.79 Å². The molecule has 1 heterocycles. The van der Waals surface area contributed by atoms with Crippen molar-refractivity contribution in [3.63, 3.8) is 0 Å². The topological polar surface area (TPSA) is 35.5 Å². The zero-order chi connectivity index (χ0) is 17.4. The van der Waals surface area contributed by atoms with Crippen molar-refractivity contribution in [2.45, 2.75) is 103 Å². The third-order valence-electron chi connectivity index (χ3n) is 5.86. The molecule has 0 amide bonds. The van der Waals surface area contributed by atoms with Gasteiger partial charge in [-0.25, -0.2) is 9.78 Å². The molecule has 138 valence electrons. The zero-order valence-electron chi connectivity index (χ0n) is 15.9. The first-order chi connectivity index (χ1) is 11.6. The summed E-state index contributed by atoms with van der Waals surface area (Å²) in [6.45, 7) is 6.27. The number of allylic oxidation sites excluding steroid dienone is 1. The summed E-state index contributed by atoms with van der Waals surface area (Å²) in [5.41, 5.74) is -0.438. The van der Waals surface area contributed by atoms with E-state index in [-0.39, 0.29) is 17.9 Å². The van der Waals surface area contributed by atoms with Crippen LogP contribution in [0.5, 0.6) is 0 Å².